The minimum atomic E-state index is -0.518. The van der Waals surface area contributed by atoms with Crippen molar-refractivity contribution in [2.24, 2.45) is 0 Å². The number of rotatable bonds is 12. The summed E-state index contributed by atoms with van der Waals surface area (Å²) in [6.45, 7) is 3.53. The largest absolute Gasteiger partial charge is 0.493 e. The molecule has 0 spiro atoms. The van der Waals surface area contributed by atoms with Crippen LogP contribution in [0.1, 0.15) is 29.4 Å². The molecular weight excluding hydrogens is 446 g/mol. The maximum Gasteiger partial charge on any atom is 0.361 e. The van der Waals surface area contributed by atoms with Crippen molar-refractivity contribution in [1.82, 2.24) is 15.4 Å². The van der Waals surface area contributed by atoms with Crippen LogP contribution in [0.25, 0.3) is 11.3 Å². The van der Waals surface area contributed by atoms with E-state index < -0.39 is 5.97 Å². The molecule has 0 saturated heterocycles. The predicted molar refractivity (Wildman–Crippen MR) is 131 cm³/mol. The van der Waals surface area contributed by atoms with Crippen LogP contribution in [0.5, 0.6) is 17.2 Å². The van der Waals surface area contributed by atoms with Gasteiger partial charge in [-0.2, -0.15) is 10.3 Å². The Balaban J connectivity index is 1.21. The Labute approximate surface area is 203 Å². The van der Waals surface area contributed by atoms with Crippen LogP contribution in [0.2, 0.25) is 0 Å². The number of H-pyrrole nitrogens is 1. The zero-order chi connectivity index (χ0) is 24.3. The Morgan fingerprint density at radius 3 is 2.26 bits per heavy atom. The summed E-state index contributed by atoms with van der Waals surface area (Å²) in [6, 6.07) is 25.0. The Hall–Kier alpha value is -4.33. The van der Waals surface area contributed by atoms with Crippen molar-refractivity contribution >= 4 is 5.97 Å². The molecule has 1 heterocycles. The van der Waals surface area contributed by atoms with Crippen molar-refractivity contribution in [1.29, 1.82) is 0 Å². The molecule has 4 aromatic rings. The van der Waals surface area contributed by atoms with Gasteiger partial charge in [0, 0.05) is 12.0 Å². The number of benzene rings is 3. The second kappa shape index (κ2) is 12.2. The highest BCUT2D eigenvalue weighted by Crippen LogP contribution is 2.25. The lowest BCUT2D eigenvalue weighted by molar-refractivity contribution is 0.0520. The lowest BCUT2D eigenvalue weighted by atomic mass is 10.1. The van der Waals surface area contributed by atoms with Crippen LogP contribution in [0, 0.1) is 0 Å². The van der Waals surface area contributed by atoms with E-state index in [0.717, 1.165) is 17.1 Å². The number of esters is 1. The topological polar surface area (TPSA) is 95.6 Å². The molecule has 8 nitrogen and oxygen atoms in total. The second-order valence-electron chi connectivity index (χ2n) is 7.57. The lowest BCUT2D eigenvalue weighted by Crippen LogP contribution is -2.07. The van der Waals surface area contributed by atoms with Crippen LogP contribution in [-0.2, 0) is 11.3 Å². The van der Waals surface area contributed by atoms with E-state index in [2.05, 4.69) is 15.4 Å². The quantitative estimate of drug-likeness (QED) is 0.227. The summed E-state index contributed by atoms with van der Waals surface area (Å²) in [6.07, 6.45) is 0.703. The van der Waals surface area contributed by atoms with Gasteiger partial charge >= 0.3 is 5.97 Å². The van der Waals surface area contributed by atoms with E-state index in [1.54, 1.807) is 6.92 Å². The molecule has 1 N–H and O–H groups in total. The molecule has 0 aliphatic carbocycles. The van der Waals surface area contributed by atoms with E-state index in [-0.39, 0.29) is 12.3 Å². The van der Waals surface area contributed by atoms with Gasteiger partial charge in [0.05, 0.1) is 19.8 Å². The highest BCUT2D eigenvalue weighted by molar-refractivity contribution is 5.93. The fourth-order valence-corrected chi connectivity index (χ4v) is 3.32. The molecule has 35 heavy (non-hydrogen) atoms. The molecule has 4 rings (SSSR count). The summed E-state index contributed by atoms with van der Waals surface area (Å²) in [5.74, 6) is 1.72. The summed E-state index contributed by atoms with van der Waals surface area (Å²) in [4.78, 5) is 12.1. The number of hydrogen-bond acceptors (Lipinski definition) is 7. The fourth-order valence-electron chi connectivity index (χ4n) is 3.32. The molecule has 0 fully saturated rings. The number of ether oxygens (including phenoxy) is 4. The number of aromatic nitrogens is 3. The van der Waals surface area contributed by atoms with Crippen molar-refractivity contribution in [2.45, 2.75) is 20.0 Å². The molecule has 0 aliphatic rings. The van der Waals surface area contributed by atoms with Crippen LogP contribution < -0.4 is 14.2 Å². The first-order valence-corrected chi connectivity index (χ1v) is 11.4. The number of nitrogens with zero attached hydrogens (tertiary/aromatic N) is 2. The third kappa shape index (κ3) is 6.83. The normalized spacial score (nSPS) is 10.5. The number of hydrogen-bond donors (Lipinski definition) is 1. The molecule has 0 unspecified atom stereocenters. The number of nitrogens with one attached hydrogen (secondary N) is 1. The Bertz CT molecular complexity index is 1210. The third-order valence-electron chi connectivity index (χ3n) is 5.02. The number of carbonyl (C=O) groups is 1. The maximum absolute atomic E-state index is 12.1. The van der Waals surface area contributed by atoms with Gasteiger partial charge in [-0.1, -0.05) is 42.5 Å². The minimum absolute atomic E-state index is 0.147. The minimum Gasteiger partial charge on any atom is -0.493 e. The van der Waals surface area contributed by atoms with Gasteiger partial charge in [0.1, 0.15) is 29.5 Å². The van der Waals surface area contributed by atoms with Crippen molar-refractivity contribution in [2.75, 3.05) is 19.8 Å². The van der Waals surface area contributed by atoms with Gasteiger partial charge in [-0.3, -0.25) is 0 Å². The van der Waals surface area contributed by atoms with E-state index in [0.29, 0.717) is 43.2 Å². The first-order chi connectivity index (χ1) is 17.2. The van der Waals surface area contributed by atoms with E-state index in [4.69, 9.17) is 18.9 Å². The zero-order valence-electron chi connectivity index (χ0n) is 19.5. The van der Waals surface area contributed by atoms with Crippen LogP contribution in [-0.4, -0.2) is 41.2 Å². The van der Waals surface area contributed by atoms with Gasteiger partial charge < -0.3 is 18.9 Å². The smallest absolute Gasteiger partial charge is 0.361 e. The van der Waals surface area contributed by atoms with Crippen LogP contribution >= 0.6 is 0 Å². The van der Waals surface area contributed by atoms with E-state index >= 15 is 0 Å². The van der Waals surface area contributed by atoms with Crippen molar-refractivity contribution in [3.8, 4) is 28.5 Å². The van der Waals surface area contributed by atoms with Crippen molar-refractivity contribution in [3.05, 3.63) is 90.1 Å². The first-order valence-electron chi connectivity index (χ1n) is 11.4. The molecule has 0 bridgehead atoms. The Morgan fingerprint density at radius 2 is 1.51 bits per heavy atom. The SMILES string of the molecule is CCOC(=O)c1n[nH]nc1-c1cccc(OCCCOc2ccc(OCc3ccccc3)cc2)c1. The van der Waals surface area contributed by atoms with Gasteiger partial charge in [0.2, 0.25) is 0 Å². The monoisotopic (exact) mass is 473 g/mol. The number of carbonyl (C=O) groups excluding carboxylic acids is 1. The highest BCUT2D eigenvalue weighted by Gasteiger charge is 2.19. The lowest BCUT2D eigenvalue weighted by Gasteiger charge is -2.10. The van der Waals surface area contributed by atoms with Gasteiger partial charge in [0.15, 0.2) is 5.69 Å². The van der Waals surface area contributed by atoms with Crippen molar-refractivity contribution in [3.63, 3.8) is 0 Å². The summed E-state index contributed by atoms with van der Waals surface area (Å²) >= 11 is 0. The average molecular weight is 474 g/mol. The molecule has 8 heteroatoms. The average Bonchev–Trinajstić information content (AvgIpc) is 3.39. The van der Waals surface area contributed by atoms with Gasteiger partial charge in [-0.15, -0.1) is 5.10 Å². The molecule has 0 aliphatic heterocycles. The predicted octanol–water partition coefficient (Wildman–Crippen LogP) is 5.08. The maximum atomic E-state index is 12.1. The molecule has 3 aromatic carbocycles. The molecule has 0 atom stereocenters. The second-order valence-corrected chi connectivity index (χ2v) is 7.57. The molecule has 1 aromatic heterocycles. The Kier molecular flexibility index (Phi) is 8.32. The third-order valence-corrected chi connectivity index (χ3v) is 5.02. The van der Waals surface area contributed by atoms with E-state index in [1.807, 2.05) is 78.9 Å². The van der Waals surface area contributed by atoms with Gasteiger partial charge in [0.25, 0.3) is 0 Å². The van der Waals surface area contributed by atoms with Crippen molar-refractivity contribution < 1.29 is 23.7 Å². The van der Waals surface area contributed by atoms with Crippen LogP contribution in [0.4, 0.5) is 0 Å². The summed E-state index contributed by atoms with van der Waals surface area (Å²) in [5, 5.41) is 10.5. The standard InChI is InChI=1S/C27H27N3O5/c1-2-32-27(31)26-25(28-30-29-26)21-10-6-11-24(18-21)34-17-7-16-33-22-12-14-23(15-13-22)35-19-20-8-4-3-5-9-20/h3-6,8-15,18H,2,7,16-17,19H2,1H3,(H,28,29,30). The van der Waals surface area contributed by atoms with Crippen LogP contribution in [0.3, 0.4) is 0 Å². The number of aromatic amines is 1. The van der Waals surface area contributed by atoms with E-state index in [1.165, 1.54) is 0 Å². The summed E-state index contributed by atoms with van der Waals surface area (Å²) in [7, 11) is 0. The van der Waals surface area contributed by atoms with Gasteiger partial charge in [-0.25, -0.2) is 4.79 Å². The zero-order valence-corrected chi connectivity index (χ0v) is 19.5. The molecular formula is C27H27N3O5. The summed E-state index contributed by atoms with van der Waals surface area (Å²) in [5.41, 5.74) is 2.41. The molecule has 0 saturated carbocycles. The summed E-state index contributed by atoms with van der Waals surface area (Å²) < 4.78 is 22.5. The van der Waals surface area contributed by atoms with Gasteiger partial charge in [-0.05, 0) is 48.9 Å². The fraction of sp³-hybridized carbons (Fsp3) is 0.222. The first kappa shape index (κ1) is 23.8. The molecule has 0 radical (unpaired) electrons. The Morgan fingerprint density at radius 1 is 0.800 bits per heavy atom. The molecule has 0 amide bonds. The van der Waals surface area contributed by atoms with E-state index in [9.17, 15) is 4.79 Å². The highest BCUT2D eigenvalue weighted by atomic mass is 16.5. The van der Waals surface area contributed by atoms with Crippen LogP contribution in [0.15, 0.2) is 78.9 Å². The molecule has 180 valence electrons.